The fourth-order valence-corrected chi connectivity index (χ4v) is 2.60. The normalized spacial score (nSPS) is 10.9. The van der Waals surface area contributed by atoms with E-state index in [1.807, 2.05) is 60.8 Å². The molecule has 4 rings (SSSR count). The summed E-state index contributed by atoms with van der Waals surface area (Å²) in [6.07, 6.45) is 1.93. The van der Waals surface area contributed by atoms with Gasteiger partial charge in [0.2, 0.25) is 0 Å². The van der Waals surface area contributed by atoms with E-state index in [-0.39, 0.29) is 5.75 Å². The third kappa shape index (κ3) is 2.13. The number of benzene rings is 3. The Morgan fingerprint density at radius 2 is 1.55 bits per heavy atom. The van der Waals surface area contributed by atoms with E-state index in [0.717, 1.165) is 22.0 Å². The Morgan fingerprint density at radius 1 is 0.773 bits per heavy atom. The summed E-state index contributed by atoms with van der Waals surface area (Å²) in [7, 11) is 0. The molecule has 4 aromatic rings. The highest BCUT2D eigenvalue weighted by atomic mass is 16.3. The van der Waals surface area contributed by atoms with Crippen molar-refractivity contribution in [2.45, 2.75) is 0 Å². The molecule has 3 nitrogen and oxygen atoms in total. The molecule has 3 heteroatoms. The molecular weight excluding hydrogens is 272 g/mol. The Labute approximate surface area is 128 Å². The van der Waals surface area contributed by atoms with Crippen molar-refractivity contribution in [2.75, 3.05) is 0 Å². The number of nitrogens with zero attached hydrogens (tertiary/aromatic N) is 2. The molecule has 0 atom stereocenters. The lowest BCUT2D eigenvalue weighted by atomic mass is 10.0. The maximum Gasteiger partial charge on any atom is 0.141 e. The first-order valence-electron chi connectivity index (χ1n) is 7.14. The van der Waals surface area contributed by atoms with Crippen LogP contribution in [0.25, 0.3) is 27.7 Å². The summed E-state index contributed by atoms with van der Waals surface area (Å²) in [4.78, 5) is 0. The third-order valence-electron chi connectivity index (χ3n) is 3.74. The van der Waals surface area contributed by atoms with E-state index in [0.29, 0.717) is 5.69 Å². The number of fused-ring (bicyclic) bond motifs is 1. The van der Waals surface area contributed by atoms with Crippen molar-refractivity contribution < 1.29 is 5.11 Å². The highest BCUT2D eigenvalue weighted by Gasteiger charge is 2.09. The van der Waals surface area contributed by atoms with Gasteiger partial charge in [-0.15, -0.1) is 0 Å². The van der Waals surface area contributed by atoms with Crippen LogP contribution in [0.1, 0.15) is 0 Å². The summed E-state index contributed by atoms with van der Waals surface area (Å²) in [5, 5.41) is 15.8. The fourth-order valence-electron chi connectivity index (χ4n) is 2.60. The van der Waals surface area contributed by atoms with Crippen LogP contribution in [0.3, 0.4) is 0 Å². The van der Waals surface area contributed by atoms with Gasteiger partial charge in [0, 0.05) is 11.6 Å². The van der Waals surface area contributed by atoms with E-state index in [1.54, 1.807) is 10.7 Å². The quantitative estimate of drug-likeness (QED) is 0.593. The van der Waals surface area contributed by atoms with Crippen LogP contribution in [0.5, 0.6) is 5.75 Å². The molecule has 0 spiro atoms. The molecule has 0 aliphatic rings. The number of phenols is 1. The maximum absolute atomic E-state index is 10.2. The molecule has 1 N–H and O–H groups in total. The van der Waals surface area contributed by atoms with E-state index in [4.69, 9.17) is 0 Å². The van der Waals surface area contributed by atoms with Crippen LogP contribution < -0.4 is 0 Å². The Bertz CT molecular complexity index is 909. The highest BCUT2D eigenvalue weighted by Crippen LogP contribution is 2.29. The minimum absolute atomic E-state index is 0.215. The predicted octanol–water partition coefficient (Wildman–Crippen LogP) is 4.40. The zero-order valence-electron chi connectivity index (χ0n) is 11.8. The summed E-state index contributed by atoms with van der Waals surface area (Å²) in [6, 6.07) is 23.6. The second-order valence-electron chi connectivity index (χ2n) is 5.20. The number of aromatic nitrogens is 2. The molecule has 0 aliphatic heterocycles. The first-order valence-corrected chi connectivity index (χ1v) is 7.14. The van der Waals surface area contributed by atoms with Gasteiger partial charge in [-0.05, 0) is 29.3 Å². The number of phenolic OH excluding ortho intramolecular Hbond substituents is 1. The van der Waals surface area contributed by atoms with Crippen molar-refractivity contribution in [1.29, 1.82) is 0 Å². The van der Waals surface area contributed by atoms with Gasteiger partial charge in [0.1, 0.15) is 11.4 Å². The van der Waals surface area contributed by atoms with Gasteiger partial charge < -0.3 is 5.11 Å². The summed E-state index contributed by atoms with van der Waals surface area (Å²) in [5.41, 5.74) is 3.75. The molecule has 1 heterocycles. The van der Waals surface area contributed by atoms with Crippen LogP contribution >= 0.6 is 0 Å². The van der Waals surface area contributed by atoms with Gasteiger partial charge >= 0.3 is 0 Å². The molecule has 0 bridgehead atoms. The van der Waals surface area contributed by atoms with Crippen molar-refractivity contribution >= 4 is 10.9 Å². The lowest BCUT2D eigenvalue weighted by molar-refractivity contribution is 0.470. The number of hydrogen-bond donors (Lipinski definition) is 1. The van der Waals surface area contributed by atoms with Gasteiger partial charge in [-0.25, -0.2) is 4.68 Å². The molecule has 0 fully saturated rings. The van der Waals surface area contributed by atoms with Gasteiger partial charge in [-0.1, -0.05) is 54.6 Å². The largest absolute Gasteiger partial charge is 0.506 e. The van der Waals surface area contributed by atoms with Gasteiger partial charge in [0.15, 0.2) is 0 Å². The second kappa shape index (κ2) is 5.04. The molecule has 0 amide bonds. The number of aromatic hydroxyl groups is 1. The lowest BCUT2D eigenvalue weighted by Gasteiger charge is -2.08. The van der Waals surface area contributed by atoms with Crippen molar-refractivity contribution in [3.8, 4) is 22.6 Å². The standard InChI is InChI=1S/C19H14N2O/c22-19-11-10-15(14-6-2-1-3-7-14)12-18(19)21-13-16-8-4-5-9-17(16)20-21/h1-13,22H. The average molecular weight is 286 g/mol. The SMILES string of the molecule is Oc1ccc(-c2ccccc2)cc1-n1cc2ccccc2n1. The predicted molar refractivity (Wildman–Crippen MR) is 88.2 cm³/mol. The molecule has 106 valence electrons. The van der Waals surface area contributed by atoms with Gasteiger partial charge in [0.25, 0.3) is 0 Å². The molecular formula is C19H14N2O. The van der Waals surface area contributed by atoms with Crippen LogP contribution in [-0.4, -0.2) is 14.9 Å². The second-order valence-corrected chi connectivity index (χ2v) is 5.20. The first kappa shape index (κ1) is 12.7. The van der Waals surface area contributed by atoms with E-state index >= 15 is 0 Å². The summed E-state index contributed by atoms with van der Waals surface area (Å²) < 4.78 is 1.73. The van der Waals surface area contributed by atoms with Crippen LogP contribution in [0.15, 0.2) is 79.0 Å². The topological polar surface area (TPSA) is 38.0 Å². The third-order valence-corrected chi connectivity index (χ3v) is 3.74. The van der Waals surface area contributed by atoms with Crippen molar-refractivity contribution in [1.82, 2.24) is 9.78 Å². The van der Waals surface area contributed by atoms with Crippen LogP contribution in [0, 0.1) is 0 Å². The zero-order chi connectivity index (χ0) is 14.9. The molecule has 0 radical (unpaired) electrons. The average Bonchev–Trinajstić information content (AvgIpc) is 3.00. The van der Waals surface area contributed by atoms with Crippen LogP contribution in [0.4, 0.5) is 0 Å². The smallest absolute Gasteiger partial charge is 0.141 e. The molecule has 0 saturated carbocycles. The van der Waals surface area contributed by atoms with Crippen molar-refractivity contribution in [2.24, 2.45) is 0 Å². The van der Waals surface area contributed by atoms with Crippen LogP contribution in [-0.2, 0) is 0 Å². The number of rotatable bonds is 2. The Hall–Kier alpha value is -3.07. The first-order chi connectivity index (χ1) is 10.8. The summed E-state index contributed by atoms with van der Waals surface area (Å²) in [6.45, 7) is 0. The molecule has 0 saturated heterocycles. The van der Waals surface area contributed by atoms with Crippen molar-refractivity contribution in [3.63, 3.8) is 0 Å². The van der Waals surface area contributed by atoms with Crippen LogP contribution in [0.2, 0.25) is 0 Å². The fraction of sp³-hybridized carbons (Fsp3) is 0. The Balaban J connectivity index is 1.87. The maximum atomic E-state index is 10.2. The minimum atomic E-state index is 0.215. The summed E-state index contributed by atoms with van der Waals surface area (Å²) >= 11 is 0. The van der Waals surface area contributed by atoms with Gasteiger partial charge in [-0.3, -0.25) is 0 Å². The molecule has 3 aromatic carbocycles. The zero-order valence-corrected chi connectivity index (χ0v) is 11.8. The molecule has 0 unspecified atom stereocenters. The van der Waals surface area contributed by atoms with E-state index in [2.05, 4.69) is 17.2 Å². The van der Waals surface area contributed by atoms with E-state index in [9.17, 15) is 5.11 Å². The van der Waals surface area contributed by atoms with Gasteiger partial charge in [-0.2, -0.15) is 5.10 Å². The molecule has 1 aromatic heterocycles. The number of hydrogen-bond acceptors (Lipinski definition) is 2. The highest BCUT2D eigenvalue weighted by molar-refractivity contribution is 5.79. The molecule has 22 heavy (non-hydrogen) atoms. The van der Waals surface area contributed by atoms with Gasteiger partial charge in [0.05, 0.1) is 5.52 Å². The van der Waals surface area contributed by atoms with E-state index in [1.165, 1.54) is 0 Å². The summed E-state index contributed by atoms with van der Waals surface area (Å²) in [5.74, 6) is 0.215. The minimum Gasteiger partial charge on any atom is -0.506 e. The molecule has 0 aliphatic carbocycles. The Kier molecular flexibility index (Phi) is 2.90. The Morgan fingerprint density at radius 3 is 2.36 bits per heavy atom. The van der Waals surface area contributed by atoms with Crippen molar-refractivity contribution in [3.05, 3.63) is 79.0 Å². The monoisotopic (exact) mass is 286 g/mol. The lowest BCUT2D eigenvalue weighted by Crippen LogP contribution is -1.95. The van der Waals surface area contributed by atoms with E-state index < -0.39 is 0 Å².